The normalized spacial score (nSPS) is 10.2. The highest BCUT2D eigenvalue weighted by Gasteiger charge is 2.22. The number of nitro benzene ring substituents is 3. The molecule has 0 bridgehead atoms. The average molecular weight is 360 g/mol. The summed E-state index contributed by atoms with van der Waals surface area (Å²) < 4.78 is 0. The molecule has 0 aliphatic carbocycles. The van der Waals surface area contributed by atoms with Crippen LogP contribution in [0.1, 0.15) is 23.7 Å². The van der Waals surface area contributed by atoms with E-state index in [1.807, 2.05) is 0 Å². The number of anilines is 2. The quantitative estimate of drug-likeness (QED) is 0.444. The SMILES string of the molecule is CCC(=O)c1cc([N+](=O)[O-])ccc1Nc1ccc([N+](=O)[O-])cc1[N+](=O)[O-]. The van der Waals surface area contributed by atoms with Gasteiger partial charge >= 0.3 is 0 Å². The Morgan fingerprint density at radius 2 is 1.42 bits per heavy atom. The molecule has 0 heterocycles. The van der Waals surface area contributed by atoms with Gasteiger partial charge in [0.2, 0.25) is 0 Å². The smallest absolute Gasteiger partial charge is 0.299 e. The summed E-state index contributed by atoms with van der Waals surface area (Å²) in [4.78, 5) is 42.7. The van der Waals surface area contributed by atoms with Crippen LogP contribution in [0.3, 0.4) is 0 Å². The molecule has 0 aromatic heterocycles. The van der Waals surface area contributed by atoms with E-state index in [0.717, 1.165) is 30.3 Å². The van der Waals surface area contributed by atoms with Crippen molar-refractivity contribution in [3.8, 4) is 0 Å². The first kappa shape index (κ1) is 18.4. The zero-order chi connectivity index (χ0) is 19.4. The predicted octanol–water partition coefficient (Wildman–Crippen LogP) is 3.75. The number of carbonyl (C=O) groups excluding carboxylic acids is 1. The molecule has 0 radical (unpaired) electrons. The predicted molar refractivity (Wildman–Crippen MR) is 90.8 cm³/mol. The number of nitro groups is 3. The van der Waals surface area contributed by atoms with Gasteiger partial charge in [-0.05, 0) is 12.1 Å². The Hall–Kier alpha value is -3.89. The number of ketones is 1. The molecule has 0 aliphatic heterocycles. The third-order valence-corrected chi connectivity index (χ3v) is 3.49. The topological polar surface area (TPSA) is 159 Å². The van der Waals surface area contributed by atoms with Crippen molar-refractivity contribution in [1.82, 2.24) is 0 Å². The van der Waals surface area contributed by atoms with Gasteiger partial charge in [-0.2, -0.15) is 0 Å². The fourth-order valence-corrected chi connectivity index (χ4v) is 2.21. The van der Waals surface area contributed by atoms with Gasteiger partial charge in [-0.1, -0.05) is 6.92 Å². The van der Waals surface area contributed by atoms with Crippen LogP contribution >= 0.6 is 0 Å². The Balaban J connectivity index is 2.54. The van der Waals surface area contributed by atoms with Gasteiger partial charge < -0.3 is 5.32 Å². The fourth-order valence-electron chi connectivity index (χ4n) is 2.21. The Kier molecular flexibility index (Phi) is 5.21. The van der Waals surface area contributed by atoms with E-state index in [1.54, 1.807) is 6.92 Å². The van der Waals surface area contributed by atoms with Crippen molar-refractivity contribution < 1.29 is 19.6 Å². The van der Waals surface area contributed by atoms with Gasteiger partial charge in [0.1, 0.15) is 5.69 Å². The van der Waals surface area contributed by atoms with Crippen molar-refractivity contribution in [2.45, 2.75) is 13.3 Å². The van der Waals surface area contributed by atoms with E-state index in [2.05, 4.69) is 5.32 Å². The molecular weight excluding hydrogens is 348 g/mol. The van der Waals surface area contributed by atoms with E-state index in [0.29, 0.717) is 0 Å². The van der Waals surface area contributed by atoms with Crippen LogP contribution in [0.2, 0.25) is 0 Å². The van der Waals surface area contributed by atoms with Crippen LogP contribution < -0.4 is 5.32 Å². The van der Waals surface area contributed by atoms with Crippen LogP contribution in [0.5, 0.6) is 0 Å². The molecule has 0 fully saturated rings. The van der Waals surface area contributed by atoms with Gasteiger partial charge in [-0.3, -0.25) is 35.1 Å². The lowest BCUT2D eigenvalue weighted by Gasteiger charge is -2.11. The van der Waals surface area contributed by atoms with Gasteiger partial charge in [0.15, 0.2) is 5.78 Å². The molecule has 0 saturated carbocycles. The lowest BCUT2D eigenvalue weighted by molar-refractivity contribution is -0.393. The molecule has 1 N–H and O–H groups in total. The molecule has 0 unspecified atom stereocenters. The minimum absolute atomic E-state index is 0.00523. The number of hydrogen-bond acceptors (Lipinski definition) is 8. The Morgan fingerprint density at radius 3 is 1.92 bits per heavy atom. The van der Waals surface area contributed by atoms with Gasteiger partial charge in [0, 0.05) is 30.2 Å². The minimum Gasteiger partial charge on any atom is -0.349 e. The molecule has 134 valence electrons. The van der Waals surface area contributed by atoms with Gasteiger partial charge in [0.25, 0.3) is 17.1 Å². The maximum Gasteiger partial charge on any atom is 0.299 e. The number of non-ortho nitro benzene ring substituents is 2. The molecule has 0 saturated heterocycles. The molecule has 0 aliphatic rings. The largest absolute Gasteiger partial charge is 0.349 e. The molecule has 0 spiro atoms. The summed E-state index contributed by atoms with van der Waals surface area (Å²) in [5, 5.41) is 35.5. The summed E-state index contributed by atoms with van der Waals surface area (Å²) in [6.45, 7) is 1.57. The van der Waals surface area contributed by atoms with E-state index in [-0.39, 0.29) is 29.0 Å². The first-order valence-corrected chi connectivity index (χ1v) is 7.26. The molecule has 26 heavy (non-hydrogen) atoms. The molecule has 0 atom stereocenters. The standard InChI is InChI=1S/C15H12N4O7/c1-2-15(20)11-7-9(17(21)22)3-5-12(11)16-13-6-4-10(18(23)24)8-14(13)19(25)26/h3-8,16H,2H2,1H3. The lowest BCUT2D eigenvalue weighted by Crippen LogP contribution is -2.05. The first-order valence-electron chi connectivity index (χ1n) is 7.26. The van der Waals surface area contributed by atoms with Crippen LogP contribution in [-0.4, -0.2) is 20.6 Å². The van der Waals surface area contributed by atoms with Crippen molar-refractivity contribution >= 4 is 34.2 Å². The maximum absolute atomic E-state index is 12.1. The van der Waals surface area contributed by atoms with Crippen molar-refractivity contribution in [2.75, 3.05) is 5.32 Å². The number of nitrogens with one attached hydrogen (secondary N) is 1. The monoisotopic (exact) mass is 360 g/mol. The van der Waals surface area contributed by atoms with Crippen LogP contribution in [-0.2, 0) is 0 Å². The Labute approximate surface area is 145 Å². The average Bonchev–Trinajstić information content (AvgIpc) is 2.61. The number of nitrogens with zero attached hydrogens (tertiary/aromatic N) is 3. The zero-order valence-electron chi connectivity index (χ0n) is 13.4. The third kappa shape index (κ3) is 3.77. The van der Waals surface area contributed by atoms with Crippen LogP contribution in [0.25, 0.3) is 0 Å². The van der Waals surface area contributed by atoms with E-state index < -0.39 is 31.9 Å². The molecule has 2 aromatic carbocycles. The molecule has 11 nitrogen and oxygen atoms in total. The highest BCUT2D eigenvalue weighted by Crippen LogP contribution is 2.33. The summed E-state index contributed by atoms with van der Waals surface area (Å²) in [6.07, 6.45) is 0.0677. The fraction of sp³-hybridized carbons (Fsp3) is 0.133. The van der Waals surface area contributed by atoms with Crippen LogP contribution in [0.15, 0.2) is 36.4 Å². The zero-order valence-corrected chi connectivity index (χ0v) is 13.4. The maximum atomic E-state index is 12.1. The molecule has 0 amide bonds. The number of hydrogen-bond donors (Lipinski definition) is 1. The van der Waals surface area contributed by atoms with E-state index in [1.165, 1.54) is 6.07 Å². The van der Waals surface area contributed by atoms with E-state index in [4.69, 9.17) is 0 Å². The number of benzene rings is 2. The first-order chi connectivity index (χ1) is 12.2. The van der Waals surface area contributed by atoms with Crippen molar-refractivity contribution in [3.63, 3.8) is 0 Å². The van der Waals surface area contributed by atoms with Crippen LogP contribution in [0.4, 0.5) is 28.4 Å². The van der Waals surface area contributed by atoms with Gasteiger partial charge in [-0.15, -0.1) is 0 Å². The van der Waals surface area contributed by atoms with Gasteiger partial charge in [0.05, 0.1) is 26.5 Å². The second-order valence-corrected chi connectivity index (χ2v) is 5.10. The summed E-state index contributed by atoms with van der Waals surface area (Å²) in [6, 6.07) is 6.47. The Bertz CT molecular complexity index is 926. The second kappa shape index (κ2) is 7.34. The molecule has 2 aromatic rings. The third-order valence-electron chi connectivity index (χ3n) is 3.49. The minimum atomic E-state index is -0.804. The van der Waals surface area contributed by atoms with Crippen molar-refractivity contribution in [1.29, 1.82) is 0 Å². The molecule has 2 rings (SSSR count). The number of Topliss-reactive ketones (excluding diaryl/α,β-unsaturated/α-hetero) is 1. The van der Waals surface area contributed by atoms with Crippen LogP contribution in [0, 0.1) is 30.3 Å². The molecular formula is C15H12N4O7. The summed E-state index contributed by atoms with van der Waals surface area (Å²) in [5.41, 5.74) is -1.29. The highest BCUT2D eigenvalue weighted by molar-refractivity contribution is 6.02. The number of carbonyl (C=O) groups is 1. The molecule has 11 heteroatoms. The number of rotatable bonds is 7. The lowest BCUT2D eigenvalue weighted by atomic mass is 10.0. The van der Waals surface area contributed by atoms with E-state index in [9.17, 15) is 35.1 Å². The van der Waals surface area contributed by atoms with Crippen molar-refractivity contribution in [3.05, 3.63) is 72.3 Å². The summed E-state index contributed by atoms with van der Waals surface area (Å²) in [7, 11) is 0. The second-order valence-electron chi connectivity index (χ2n) is 5.10. The van der Waals surface area contributed by atoms with Crippen molar-refractivity contribution in [2.24, 2.45) is 0 Å². The Morgan fingerprint density at radius 1 is 0.885 bits per heavy atom. The van der Waals surface area contributed by atoms with Gasteiger partial charge in [-0.25, -0.2) is 0 Å². The summed E-state index contributed by atoms with van der Waals surface area (Å²) in [5.74, 6) is -0.402. The summed E-state index contributed by atoms with van der Waals surface area (Å²) >= 11 is 0. The van der Waals surface area contributed by atoms with E-state index >= 15 is 0 Å². The highest BCUT2D eigenvalue weighted by atomic mass is 16.6.